The van der Waals surface area contributed by atoms with Crippen molar-refractivity contribution in [2.45, 2.75) is 44.0 Å². The normalized spacial score (nSPS) is 20.7. The van der Waals surface area contributed by atoms with Crippen LogP contribution in [0.3, 0.4) is 0 Å². The predicted molar refractivity (Wildman–Crippen MR) is 70.5 cm³/mol. The second-order valence-electron chi connectivity index (χ2n) is 5.31. The molecule has 5 heteroatoms. The topological polar surface area (TPSA) is 65.0 Å². The van der Waals surface area contributed by atoms with Gasteiger partial charge in [-0.2, -0.15) is 0 Å². The van der Waals surface area contributed by atoms with E-state index in [1.165, 1.54) is 13.5 Å². The van der Waals surface area contributed by atoms with Crippen LogP contribution < -0.4 is 9.47 Å². The number of aliphatic hydroxyl groups is 1. The number of ether oxygens (including phenoxy) is 3. The number of carbonyl (C=O) groups is 1. The highest BCUT2D eigenvalue weighted by Gasteiger charge is 2.42. The highest BCUT2D eigenvalue weighted by molar-refractivity contribution is 5.76. The monoisotopic (exact) mass is 278 g/mol. The molecule has 1 saturated carbocycles. The van der Waals surface area contributed by atoms with Crippen LogP contribution in [0.2, 0.25) is 0 Å². The molecule has 0 amide bonds. The second kappa shape index (κ2) is 4.98. The molecule has 0 saturated heterocycles. The Balaban J connectivity index is 1.82. The summed E-state index contributed by atoms with van der Waals surface area (Å²) in [5, 5.41) is 9.85. The molecule has 1 aromatic rings. The average Bonchev–Trinajstić information content (AvgIpc) is 2.82. The predicted octanol–water partition coefficient (Wildman–Crippen LogP) is 2.32. The molecule has 1 aromatic carbocycles. The second-order valence-corrected chi connectivity index (χ2v) is 5.31. The lowest BCUT2D eigenvalue weighted by Crippen LogP contribution is -2.40. The minimum Gasteiger partial charge on any atom is -0.467 e. The Morgan fingerprint density at radius 2 is 1.95 bits per heavy atom. The Labute approximate surface area is 117 Å². The zero-order valence-electron chi connectivity index (χ0n) is 11.4. The number of carbonyl (C=O) groups excluding carboxylic acids is 1. The Morgan fingerprint density at radius 3 is 2.65 bits per heavy atom. The fraction of sp³-hybridized carbons (Fsp3) is 0.533. The quantitative estimate of drug-likeness (QED) is 0.841. The Morgan fingerprint density at radius 1 is 1.25 bits per heavy atom. The molecule has 1 N–H and O–H groups in total. The standard InChI is InChI=1S/C15H18O5/c1-18-14(17)13(16)10-5-6-11-12(9-10)20-15(19-11)7-3-2-4-8-15/h5-6,9,13,16H,2-4,7-8H2,1H3. The van der Waals surface area contributed by atoms with E-state index < -0.39 is 17.9 Å². The van der Waals surface area contributed by atoms with Crippen molar-refractivity contribution in [1.82, 2.24) is 0 Å². The minimum absolute atomic E-state index is 0.451. The van der Waals surface area contributed by atoms with Crippen LogP contribution >= 0.6 is 0 Å². The van der Waals surface area contributed by atoms with E-state index in [0.29, 0.717) is 17.1 Å². The highest BCUT2D eigenvalue weighted by atomic mass is 16.7. The van der Waals surface area contributed by atoms with E-state index in [1.54, 1.807) is 18.2 Å². The van der Waals surface area contributed by atoms with E-state index in [-0.39, 0.29) is 0 Å². The molecule has 0 bridgehead atoms. The van der Waals surface area contributed by atoms with Crippen LogP contribution in [-0.2, 0) is 9.53 Å². The summed E-state index contributed by atoms with van der Waals surface area (Å²) in [7, 11) is 1.25. The number of aliphatic hydroxyl groups excluding tert-OH is 1. The highest BCUT2D eigenvalue weighted by Crippen LogP contribution is 2.46. The summed E-state index contributed by atoms with van der Waals surface area (Å²) in [6.07, 6.45) is 3.83. The first kappa shape index (κ1) is 13.2. The Hall–Kier alpha value is -1.75. The van der Waals surface area contributed by atoms with Gasteiger partial charge in [0.15, 0.2) is 17.6 Å². The molecule has 3 rings (SSSR count). The van der Waals surface area contributed by atoms with E-state index in [4.69, 9.17) is 9.47 Å². The van der Waals surface area contributed by atoms with Gasteiger partial charge in [-0.15, -0.1) is 0 Å². The molecule has 20 heavy (non-hydrogen) atoms. The fourth-order valence-corrected chi connectivity index (χ4v) is 2.82. The molecule has 1 unspecified atom stereocenters. The van der Waals surface area contributed by atoms with Crippen LogP contribution in [0.4, 0.5) is 0 Å². The smallest absolute Gasteiger partial charge is 0.339 e. The van der Waals surface area contributed by atoms with Crippen LogP contribution in [0.25, 0.3) is 0 Å². The summed E-state index contributed by atoms with van der Waals surface area (Å²) in [6, 6.07) is 5.05. The van der Waals surface area contributed by atoms with Crippen LogP contribution in [0.15, 0.2) is 18.2 Å². The van der Waals surface area contributed by atoms with Gasteiger partial charge >= 0.3 is 5.97 Å². The van der Waals surface area contributed by atoms with Gasteiger partial charge in [0.1, 0.15) is 0 Å². The van der Waals surface area contributed by atoms with Crippen molar-refractivity contribution in [3.8, 4) is 11.5 Å². The van der Waals surface area contributed by atoms with Gasteiger partial charge in [0.2, 0.25) is 0 Å². The zero-order chi connectivity index (χ0) is 14.2. The van der Waals surface area contributed by atoms with Crippen molar-refractivity contribution in [1.29, 1.82) is 0 Å². The summed E-state index contributed by atoms with van der Waals surface area (Å²) in [4.78, 5) is 11.4. The lowest BCUT2D eigenvalue weighted by atomic mass is 9.94. The molecular formula is C15H18O5. The number of hydrogen-bond acceptors (Lipinski definition) is 5. The first-order valence-corrected chi connectivity index (χ1v) is 6.91. The van der Waals surface area contributed by atoms with Crippen molar-refractivity contribution < 1.29 is 24.1 Å². The van der Waals surface area contributed by atoms with Gasteiger partial charge in [-0.1, -0.05) is 12.5 Å². The molecule has 1 aliphatic carbocycles. The van der Waals surface area contributed by atoms with E-state index in [2.05, 4.69) is 4.74 Å². The number of hydrogen-bond donors (Lipinski definition) is 1. The Bertz CT molecular complexity index is 519. The number of benzene rings is 1. The molecule has 1 spiro atoms. The lowest BCUT2D eigenvalue weighted by Gasteiger charge is -2.31. The maximum Gasteiger partial charge on any atom is 0.339 e. The first-order chi connectivity index (χ1) is 9.63. The maximum atomic E-state index is 11.4. The van der Waals surface area contributed by atoms with Gasteiger partial charge in [0.25, 0.3) is 5.79 Å². The van der Waals surface area contributed by atoms with Crippen LogP contribution in [0.5, 0.6) is 11.5 Å². The summed E-state index contributed by atoms with van der Waals surface area (Å²) in [6.45, 7) is 0. The van der Waals surface area contributed by atoms with Gasteiger partial charge in [-0.3, -0.25) is 0 Å². The van der Waals surface area contributed by atoms with Gasteiger partial charge < -0.3 is 19.3 Å². The van der Waals surface area contributed by atoms with Crippen LogP contribution in [-0.4, -0.2) is 24.0 Å². The molecule has 0 aromatic heterocycles. The fourth-order valence-electron chi connectivity index (χ4n) is 2.82. The third kappa shape index (κ3) is 2.22. The van der Waals surface area contributed by atoms with Gasteiger partial charge in [0.05, 0.1) is 7.11 Å². The number of esters is 1. The molecule has 2 aliphatic rings. The average molecular weight is 278 g/mol. The van der Waals surface area contributed by atoms with Crippen LogP contribution in [0.1, 0.15) is 43.8 Å². The molecule has 1 heterocycles. The van der Waals surface area contributed by atoms with E-state index in [9.17, 15) is 9.90 Å². The van der Waals surface area contributed by atoms with Crippen molar-refractivity contribution in [2.75, 3.05) is 7.11 Å². The molecule has 108 valence electrons. The SMILES string of the molecule is COC(=O)C(O)c1ccc2c(c1)OC1(CCCCC1)O2. The van der Waals surface area contributed by atoms with Gasteiger partial charge in [-0.25, -0.2) is 4.79 Å². The van der Waals surface area contributed by atoms with Gasteiger partial charge in [-0.05, 0) is 30.5 Å². The summed E-state index contributed by atoms with van der Waals surface area (Å²) in [5.41, 5.74) is 0.451. The molecule has 0 radical (unpaired) electrons. The van der Waals surface area contributed by atoms with E-state index in [0.717, 1.165) is 25.7 Å². The molecular weight excluding hydrogens is 260 g/mol. The van der Waals surface area contributed by atoms with E-state index in [1.807, 2.05) is 0 Å². The largest absolute Gasteiger partial charge is 0.467 e. The molecule has 1 fully saturated rings. The Kier molecular flexibility index (Phi) is 3.30. The maximum absolute atomic E-state index is 11.4. The summed E-state index contributed by atoms with van der Waals surface area (Å²) >= 11 is 0. The summed E-state index contributed by atoms with van der Waals surface area (Å²) < 4.78 is 16.4. The van der Waals surface area contributed by atoms with Crippen molar-refractivity contribution >= 4 is 5.97 Å². The van der Waals surface area contributed by atoms with Crippen molar-refractivity contribution in [2.24, 2.45) is 0 Å². The number of rotatable bonds is 2. The summed E-state index contributed by atoms with van der Waals surface area (Å²) in [5.74, 6) is 0.0337. The third-order valence-corrected chi connectivity index (χ3v) is 3.92. The third-order valence-electron chi connectivity index (χ3n) is 3.92. The first-order valence-electron chi connectivity index (χ1n) is 6.91. The van der Waals surface area contributed by atoms with Crippen LogP contribution in [0, 0.1) is 0 Å². The molecule has 1 atom stereocenters. The zero-order valence-corrected chi connectivity index (χ0v) is 11.4. The number of fused-ring (bicyclic) bond motifs is 1. The lowest BCUT2D eigenvalue weighted by molar-refractivity contribution is -0.150. The van der Waals surface area contributed by atoms with E-state index >= 15 is 0 Å². The minimum atomic E-state index is -1.29. The van der Waals surface area contributed by atoms with Gasteiger partial charge in [0, 0.05) is 12.8 Å². The molecule has 1 aliphatic heterocycles. The molecule has 5 nitrogen and oxygen atoms in total. The van der Waals surface area contributed by atoms with Crippen molar-refractivity contribution in [3.63, 3.8) is 0 Å². The van der Waals surface area contributed by atoms with Crippen molar-refractivity contribution in [3.05, 3.63) is 23.8 Å². The number of methoxy groups -OCH3 is 1.